The first-order valence-electron chi connectivity index (χ1n) is 8.37. The number of urea groups is 1. The molecule has 0 radical (unpaired) electrons. The Labute approximate surface area is 130 Å². The molecule has 2 amide bonds. The average Bonchev–Trinajstić information content (AvgIpc) is 2.43. The van der Waals surface area contributed by atoms with Crippen LogP contribution in [0.3, 0.4) is 0 Å². The minimum Gasteiger partial charge on any atom is -0.396 e. The summed E-state index contributed by atoms with van der Waals surface area (Å²) in [5, 5.41) is 12.3. The number of carbonyl (C=O) groups excluding carboxylic acids is 1. The fraction of sp³-hybridized carbons (Fsp3) is 0.941. The molecule has 1 unspecified atom stereocenters. The van der Waals surface area contributed by atoms with Gasteiger partial charge in [0, 0.05) is 25.7 Å². The number of rotatable bonds is 5. The van der Waals surface area contributed by atoms with E-state index < -0.39 is 0 Å². The molecule has 1 rings (SSSR count). The summed E-state index contributed by atoms with van der Waals surface area (Å²) in [5.74, 6) is 0.434. The van der Waals surface area contributed by atoms with E-state index in [1.165, 1.54) is 0 Å². The van der Waals surface area contributed by atoms with Gasteiger partial charge in [-0.25, -0.2) is 4.79 Å². The first kappa shape index (κ1) is 18.3. The minimum absolute atomic E-state index is 0.0452. The van der Waals surface area contributed by atoms with Gasteiger partial charge in [0.1, 0.15) is 0 Å². The van der Waals surface area contributed by atoms with Crippen molar-refractivity contribution >= 4 is 6.03 Å². The summed E-state index contributed by atoms with van der Waals surface area (Å²) in [7, 11) is 1.90. The summed E-state index contributed by atoms with van der Waals surface area (Å²) < 4.78 is 0. The summed E-state index contributed by atoms with van der Waals surface area (Å²) in [6.45, 7) is 9.06. The number of nitrogens with one attached hydrogen (secondary N) is 1. The van der Waals surface area contributed by atoms with E-state index in [1.807, 2.05) is 11.9 Å². The molecule has 0 bridgehead atoms. The van der Waals surface area contributed by atoms with Crippen molar-refractivity contribution in [2.75, 3.05) is 13.7 Å². The molecule has 0 aliphatic heterocycles. The lowest BCUT2D eigenvalue weighted by molar-refractivity contribution is 0.132. The molecule has 0 saturated heterocycles. The lowest BCUT2D eigenvalue weighted by Crippen LogP contribution is -2.47. The average molecular weight is 298 g/mol. The normalized spacial score (nSPS) is 24.5. The molecular formula is C17H34N2O2. The van der Waals surface area contributed by atoms with Crippen LogP contribution in [0.25, 0.3) is 0 Å². The van der Waals surface area contributed by atoms with Crippen LogP contribution < -0.4 is 5.32 Å². The lowest BCUT2D eigenvalue weighted by atomic mass is 9.86. The van der Waals surface area contributed by atoms with Crippen LogP contribution in [0.1, 0.15) is 66.2 Å². The predicted octanol–water partition coefficient (Wildman–Crippen LogP) is 3.39. The Morgan fingerprint density at radius 3 is 2.33 bits per heavy atom. The number of amides is 2. The van der Waals surface area contributed by atoms with Gasteiger partial charge in [0.15, 0.2) is 0 Å². The second-order valence-electron chi connectivity index (χ2n) is 7.92. The van der Waals surface area contributed by atoms with Crippen LogP contribution >= 0.6 is 0 Å². The predicted molar refractivity (Wildman–Crippen MR) is 87.3 cm³/mol. The van der Waals surface area contributed by atoms with E-state index in [0.29, 0.717) is 17.4 Å². The maximum absolute atomic E-state index is 12.3. The lowest BCUT2D eigenvalue weighted by Gasteiger charge is -2.35. The van der Waals surface area contributed by atoms with Crippen molar-refractivity contribution in [3.05, 3.63) is 0 Å². The summed E-state index contributed by atoms with van der Waals surface area (Å²) in [6, 6.07) is 0.583. The molecule has 0 aromatic carbocycles. The van der Waals surface area contributed by atoms with E-state index in [4.69, 9.17) is 0 Å². The summed E-state index contributed by atoms with van der Waals surface area (Å²) in [4.78, 5) is 14.2. The third-order valence-electron chi connectivity index (χ3n) is 4.64. The van der Waals surface area contributed by atoms with E-state index in [2.05, 4.69) is 33.0 Å². The SMILES string of the molecule is CC(CCC(C)(C)C)NC(=O)N(C)C1CCC(CO)CC1. The highest BCUT2D eigenvalue weighted by atomic mass is 16.3. The molecule has 1 aliphatic carbocycles. The number of aliphatic hydroxyl groups is 1. The number of hydrogen-bond acceptors (Lipinski definition) is 2. The van der Waals surface area contributed by atoms with E-state index >= 15 is 0 Å². The third kappa shape index (κ3) is 6.68. The molecule has 1 atom stereocenters. The maximum atomic E-state index is 12.3. The van der Waals surface area contributed by atoms with Crippen LogP contribution in [-0.4, -0.2) is 41.8 Å². The molecule has 1 saturated carbocycles. The topological polar surface area (TPSA) is 52.6 Å². The second kappa shape index (κ2) is 8.02. The van der Waals surface area contributed by atoms with Crippen molar-refractivity contribution in [2.24, 2.45) is 11.3 Å². The van der Waals surface area contributed by atoms with Crippen LogP contribution in [0.15, 0.2) is 0 Å². The maximum Gasteiger partial charge on any atom is 0.317 e. The van der Waals surface area contributed by atoms with Crippen LogP contribution in [0, 0.1) is 11.3 Å². The zero-order valence-electron chi connectivity index (χ0n) is 14.5. The largest absolute Gasteiger partial charge is 0.396 e. The van der Waals surface area contributed by atoms with E-state index in [9.17, 15) is 9.90 Å². The molecule has 0 spiro atoms. The Bertz CT molecular complexity index is 317. The van der Waals surface area contributed by atoms with Gasteiger partial charge in [-0.3, -0.25) is 0 Å². The Morgan fingerprint density at radius 2 is 1.86 bits per heavy atom. The molecular weight excluding hydrogens is 264 g/mol. The molecule has 124 valence electrons. The van der Waals surface area contributed by atoms with Gasteiger partial charge in [-0.05, 0) is 56.8 Å². The molecule has 0 aromatic heterocycles. The Hall–Kier alpha value is -0.770. The quantitative estimate of drug-likeness (QED) is 0.817. The molecule has 0 aromatic rings. The van der Waals surface area contributed by atoms with Gasteiger partial charge < -0.3 is 15.3 Å². The smallest absolute Gasteiger partial charge is 0.317 e. The van der Waals surface area contributed by atoms with E-state index in [1.54, 1.807) is 0 Å². The summed E-state index contributed by atoms with van der Waals surface area (Å²) in [5.41, 5.74) is 0.313. The fourth-order valence-corrected chi connectivity index (χ4v) is 2.91. The summed E-state index contributed by atoms with van der Waals surface area (Å²) in [6.07, 6.45) is 6.19. The highest BCUT2D eigenvalue weighted by Crippen LogP contribution is 2.27. The van der Waals surface area contributed by atoms with E-state index in [0.717, 1.165) is 38.5 Å². The highest BCUT2D eigenvalue weighted by Gasteiger charge is 2.26. The first-order valence-corrected chi connectivity index (χ1v) is 8.37. The molecule has 4 heteroatoms. The van der Waals surface area contributed by atoms with Crippen molar-refractivity contribution in [1.29, 1.82) is 0 Å². The van der Waals surface area contributed by atoms with Gasteiger partial charge in [-0.2, -0.15) is 0 Å². The highest BCUT2D eigenvalue weighted by molar-refractivity contribution is 5.74. The molecule has 1 aliphatic rings. The number of nitrogens with zero attached hydrogens (tertiary/aromatic N) is 1. The van der Waals surface area contributed by atoms with Gasteiger partial charge in [0.05, 0.1) is 0 Å². The van der Waals surface area contributed by atoms with Crippen molar-refractivity contribution in [3.8, 4) is 0 Å². The molecule has 2 N–H and O–H groups in total. The van der Waals surface area contributed by atoms with Crippen molar-refractivity contribution in [2.45, 2.75) is 78.3 Å². The van der Waals surface area contributed by atoms with Gasteiger partial charge in [-0.1, -0.05) is 20.8 Å². The standard InChI is InChI=1S/C17H34N2O2/c1-13(10-11-17(2,3)4)18-16(21)19(5)15-8-6-14(12-20)7-9-15/h13-15,20H,6-12H2,1-5H3,(H,18,21). The number of aliphatic hydroxyl groups excluding tert-OH is 1. The van der Waals surface area contributed by atoms with Crippen LogP contribution in [0.2, 0.25) is 0 Å². The van der Waals surface area contributed by atoms with Gasteiger partial charge in [0.2, 0.25) is 0 Å². The van der Waals surface area contributed by atoms with Crippen molar-refractivity contribution in [1.82, 2.24) is 10.2 Å². The first-order chi connectivity index (χ1) is 9.73. The molecule has 1 fully saturated rings. The molecule has 21 heavy (non-hydrogen) atoms. The van der Waals surface area contributed by atoms with Crippen LogP contribution in [0.4, 0.5) is 4.79 Å². The van der Waals surface area contributed by atoms with Gasteiger partial charge in [-0.15, -0.1) is 0 Å². The Morgan fingerprint density at radius 1 is 1.29 bits per heavy atom. The second-order valence-corrected chi connectivity index (χ2v) is 7.92. The monoisotopic (exact) mass is 298 g/mol. The Balaban J connectivity index is 2.34. The zero-order valence-corrected chi connectivity index (χ0v) is 14.5. The van der Waals surface area contributed by atoms with Gasteiger partial charge in [0.25, 0.3) is 0 Å². The zero-order chi connectivity index (χ0) is 16.0. The van der Waals surface area contributed by atoms with Crippen molar-refractivity contribution in [3.63, 3.8) is 0 Å². The molecule has 0 heterocycles. The van der Waals surface area contributed by atoms with Crippen molar-refractivity contribution < 1.29 is 9.90 Å². The minimum atomic E-state index is 0.0452. The fourth-order valence-electron chi connectivity index (χ4n) is 2.91. The number of carbonyl (C=O) groups is 1. The third-order valence-corrected chi connectivity index (χ3v) is 4.64. The Kier molecular flexibility index (Phi) is 6.98. The van der Waals surface area contributed by atoms with E-state index in [-0.39, 0.29) is 18.7 Å². The van der Waals surface area contributed by atoms with Crippen LogP contribution in [-0.2, 0) is 0 Å². The summed E-state index contributed by atoms with van der Waals surface area (Å²) >= 11 is 0. The number of hydrogen-bond donors (Lipinski definition) is 2. The molecule has 4 nitrogen and oxygen atoms in total. The van der Waals surface area contributed by atoms with Crippen LogP contribution in [0.5, 0.6) is 0 Å². The van der Waals surface area contributed by atoms with Gasteiger partial charge >= 0.3 is 6.03 Å².